The van der Waals surface area contributed by atoms with Crippen molar-refractivity contribution in [2.45, 2.75) is 5.92 Å². The molecule has 0 saturated heterocycles. The Kier molecular flexibility index (Phi) is 3.81. The Hall–Kier alpha value is -3.14. The molecule has 1 aliphatic carbocycles. The molecule has 1 aromatic carbocycles. The summed E-state index contributed by atoms with van der Waals surface area (Å²) in [6.45, 7) is 0.995. The summed E-state index contributed by atoms with van der Waals surface area (Å²) in [5.74, 6) is -1.66. The second-order valence-corrected chi connectivity index (χ2v) is 5.86. The van der Waals surface area contributed by atoms with Crippen molar-refractivity contribution in [3.05, 3.63) is 58.6 Å². The molecule has 1 aliphatic heterocycles. The van der Waals surface area contributed by atoms with Crippen molar-refractivity contribution in [3.8, 4) is 18.2 Å². The van der Waals surface area contributed by atoms with Gasteiger partial charge in [0.1, 0.15) is 11.9 Å². The molecule has 0 radical (unpaired) electrons. The van der Waals surface area contributed by atoms with Crippen LogP contribution in [0.4, 0.5) is 4.39 Å². The monoisotopic (exact) mass is 319 g/mol. The molecule has 0 aromatic heterocycles. The molecule has 0 saturated carbocycles. The molecule has 5 nitrogen and oxygen atoms in total. The second kappa shape index (κ2) is 5.81. The minimum absolute atomic E-state index is 0.0901. The molecule has 0 unspecified atom stereocenters. The molecular formula is C18H14FN5. The average Bonchev–Trinajstić information content (AvgIpc) is 2.62. The van der Waals surface area contributed by atoms with E-state index in [1.165, 1.54) is 6.07 Å². The van der Waals surface area contributed by atoms with Crippen molar-refractivity contribution in [1.82, 2.24) is 5.32 Å². The molecule has 1 heterocycles. The molecular weight excluding hydrogens is 305 g/mol. The van der Waals surface area contributed by atoms with Gasteiger partial charge in [-0.2, -0.15) is 15.8 Å². The molecule has 118 valence electrons. The number of nitrogens with zero attached hydrogens (tertiary/aromatic N) is 3. The molecule has 6 heteroatoms. The fourth-order valence-electron chi connectivity index (χ4n) is 3.68. The minimum Gasteiger partial charge on any atom is -0.399 e. The first kappa shape index (κ1) is 15.7. The Labute approximate surface area is 139 Å². The highest BCUT2D eigenvalue weighted by molar-refractivity contribution is 5.59. The number of rotatable bonds is 1. The number of allylic oxidation sites excluding steroid dienone is 2. The summed E-state index contributed by atoms with van der Waals surface area (Å²) in [7, 11) is 0. The van der Waals surface area contributed by atoms with Crippen molar-refractivity contribution in [2.75, 3.05) is 13.1 Å². The Morgan fingerprint density at radius 1 is 1.21 bits per heavy atom. The van der Waals surface area contributed by atoms with Gasteiger partial charge in [-0.15, -0.1) is 0 Å². The van der Waals surface area contributed by atoms with Gasteiger partial charge in [-0.05, 0) is 17.2 Å². The number of nitrogens with one attached hydrogen (secondary N) is 1. The van der Waals surface area contributed by atoms with Crippen LogP contribution in [-0.4, -0.2) is 13.1 Å². The van der Waals surface area contributed by atoms with Crippen molar-refractivity contribution in [1.29, 1.82) is 15.8 Å². The maximum absolute atomic E-state index is 14.5. The zero-order valence-electron chi connectivity index (χ0n) is 12.8. The van der Waals surface area contributed by atoms with Gasteiger partial charge in [0.15, 0.2) is 5.41 Å². The first-order chi connectivity index (χ1) is 11.6. The molecule has 0 amide bonds. The van der Waals surface area contributed by atoms with Crippen LogP contribution >= 0.6 is 0 Å². The fourth-order valence-corrected chi connectivity index (χ4v) is 3.68. The van der Waals surface area contributed by atoms with Crippen LogP contribution in [0.3, 0.4) is 0 Å². The zero-order valence-corrected chi connectivity index (χ0v) is 12.8. The molecule has 2 atom stereocenters. The van der Waals surface area contributed by atoms with Gasteiger partial charge in [0, 0.05) is 24.9 Å². The Bertz CT molecular complexity index is 864. The Balaban J connectivity index is 2.37. The molecule has 0 fully saturated rings. The topological polar surface area (TPSA) is 109 Å². The lowest BCUT2D eigenvalue weighted by Gasteiger charge is -2.43. The highest BCUT2D eigenvalue weighted by Crippen LogP contribution is 2.53. The largest absolute Gasteiger partial charge is 0.399 e. The standard InChI is InChI=1S/C18H14FN5/c19-15-4-2-1-3-12(15)16-14-8-24-6-5-11(14)13(7-20)17(23)18(16,9-21)10-22/h1-5,14,16,24H,6,8,23H2/t14-,16-/m1/s1. The van der Waals surface area contributed by atoms with Crippen LogP contribution in [0.1, 0.15) is 11.5 Å². The molecule has 2 aliphatic rings. The SMILES string of the molecule is N#CC1=C(N)C(C#N)(C#N)[C@H](c2ccccc2F)[C@@H]2CNCC=C12. The van der Waals surface area contributed by atoms with Crippen LogP contribution in [0, 0.1) is 51.1 Å². The average molecular weight is 319 g/mol. The van der Waals surface area contributed by atoms with Crippen LogP contribution < -0.4 is 11.1 Å². The number of nitrogens with two attached hydrogens (primary N) is 1. The predicted octanol–water partition coefficient (Wildman–Crippen LogP) is 1.84. The third-order valence-corrected chi connectivity index (χ3v) is 4.79. The molecule has 1 aromatic rings. The highest BCUT2D eigenvalue weighted by atomic mass is 19.1. The van der Waals surface area contributed by atoms with Crippen LogP contribution in [0.5, 0.6) is 0 Å². The van der Waals surface area contributed by atoms with Gasteiger partial charge >= 0.3 is 0 Å². The van der Waals surface area contributed by atoms with Crippen molar-refractivity contribution in [2.24, 2.45) is 17.1 Å². The van der Waals surface area contributed by atoms with E-state index in [0.717, 1.165) is 0 Å². The zero-order chi connectivity index (χ0) is 17.3. The van der Waals surface area contributed by atoms with Crippen LogP contribution in [0.25, 0.3) is 0 Å². The predicted molar refractivity (Wildman–Crippen MR) is 84.1 cm³/mol. The third kappa shape index (κ3) is 2.00. The second-order valence-electron chi connectivity index (χ2n) is 5.86. The lowest BCUT2D eigenvalue weighted by Crippen LogP contribution is -2.47. The maximum atomic E-state index is 14.5. The summed E-state index contributed by atoms with van der Waals surface area (Å²) < 4.78 is 14.5. The maximum Gasteiger partial charge on any atom is 0.191 e. The summed E-state index contributed by atoms with van der Waals surface area (Å²) in [4.78, 5) is 0. The summed E-state index contributed by atoms with van der Waals surface area (Å²) >= 11 is 0. The third-order valence-electron chi connectivity index (χ3n) is 4.79. The smallest absolute Gasteiger partial charge is 0.191 e. The lowest BCUT2D eigenvalue weighted by atomic mass is 9.58. The summed E-state index contributed by atoms with van der Waals surface area (Å²) in [6.07, 6.45) is 1.83. The first-order valence-corrected chi connectivity index (χ1v) is 7.49. The fraction of sp³-hybridized carbons (Fsp3) is 0.278. The minimum atomic E-state index is -1.78. The lowest BCUT2D eigenvalue weighted by molar-refractivity contribution is 0.320. The van der Waals surface area contributed by atoms with Crippen molar-refractivity contribution < 1.29 is 4.39 Å². The van der Waals surface area contributed by atoms with Crippen molar-refractivity contribution in [3.63, 3.8) is 0 Å². The van der Waals surface area contributed by atoms with E-state index in [0.29, 0.717) is 18.7 Å². The molecule has 3 N–H and O–H groups in total. The van der Waals surface area contributed by atoms with Gasteiger partial charge < -0.3 is 11.1 Å². The number of halogens is 1. The van der Waals surface area contributed by atoms with E-state index >= 15 is 0 Å². The van der Waals surface area contributed by atoms with Crippen LogP contribution in [0.2, 0.25) is 0 Å². The quantitative estimate of drug-likeness (QED) is 0.820. The molecule has 24 heavy (non-hydrogen) atoms. The van der Waals surface area contributed by atoms with E-state index in [-0.39, 0.29) is 22.8 Å². The van der Waals surface area contributed by atoms with Gasteiger partial charge in [-0.25, -0.2) is 4.39 Å². The van der Waals surface area contributed by atoms with Gasteiger partial charge in [-0.1, -0.05) is 24.3 Å². The number of hydrogen-bond donors (Lipinski definition) is 2. The van der Waals surface area contributed by atoms with Gasteiger partial charge in [0.25, 0.3) is 0 Å². The van der Waals surface area contributed by atoms with E-state index in [1.807, 2.05) is 24.3 Å². The molecule has 3 rings (SSSR count). The molecule has 0 bridgehead atoms. The van der Waals surface area contributed by atoms with Gasteiger partial charge in [-0.3, -0.25) is 0 Å². The summed E-state index contributed by atoms with van der Waals surface area (Å²) in [5.41, 5.74) is 5.34. The van der Waals surface area contributed by atoms with Gasteiger partial charge in [0.2, 0.25) is 0 Å². The molecule has 0 spiro atoms. The number of nitriles is 3. The van der Waals surface area contributed by atoms with Crippen molar-refractivity contribution >= 4 is 0 Å². The van der Waals surface area contributed by atoms with E-state index in [4.69, 9.17) is 5.73 Å². The normalized spacial score (nSPS) is 24.8. The Morgan fingerprint density at radius 3 is 2.54 bits per heavy atom. The van der Waals surface area contributed by atoms with Crippen LogP contribution in [0.15, 0.2) is 47.2 Å². The van der Waals surface area contributed by atoms with Crippen LogP contribution in [-0.2, 0) is 0 Å². The van der Waals surface area contributed by atoms with E-state index in [1.54, 1.807) is 18.2 Å². The van der Waals surface area contributed by atoms with E-state index < -0.39 is 17.2 Å². The van der Waals surface area contributed by atoms with E-state index in [2.05, 4.69) is 5.32 Å². The van der Waals surface area contributed by atoms with Gasteiger partial charge in [0.05, 0.1) is 23.4 Å². The highest BCUT2D eigenvalue weighted by Gasteiger charge is 2.54. The number of fused-ring (bicyclic) bond motifs is 1. The summed E-state index contributed by atoms with van der Waals surface area (Å²) in [6, 6.07) is 12.1. The Morgan fingerprint density at radius 2 is 1.92 bits per heavy atom. The first-order valence-electron chi connectivity index (χ1n) is 7.49. The summed E-state index contributed by atoms with van der Waals surface area (Å²) in [5, 5.41) is 32.2. The number of hydrogen-bond acceptors (Lipinski definition) is 5. The van der Waals surface area contributed by atoms with E-state index in [9.17, 15) is 20.2 Å². The number of benzene rings is 1.